The number of fused-ring (bicyclic) bond motifs is 1. The molecule has 4 rings (SSSR count). The first kappa shape index (κ1) is 19.7. The predicted molar refractivity (Wildman–Crippen MR) is 116 cm³/mol. The smallest absolute Gasteiger partial charge is 0.318 e. The lowest BCUT2D eigenvalue weighted by Gasteiger charge is -2.34. The fraction of sp³-hybridized carbons (Fsp3) is 0.381. The topological polar surface area (TPSA) is 72.2 Å². The van der Waals surface area contributed by atoms with Crippen LogP contribution in [0.1, 0.15) is 24.4 Å². The number of aromatic nitrogens is 3. The monoisotopic (exact) mass is 413 g/mol. The van der Waals surface area contributed by atoms with E-state index in [1.165, 1.54) is 22.0 Å². The Kier molecular flexibility index (Phi) is 5.43. The molecule has 0 unspecified atom stereocenters. The minimum absolute atomic E-state index is 0.0626. The van der Waals surface area contributed by atoms with E-state index in [4.69, 9.17) is 11.6 Å². The number of piperidine rings is 1. The van der Waals surface area contributed by atoms with Gasteiger partial charge in [0.05, 0.1) is 10.5 Å². The summed E-state index contributed by atoms with van der Waals surface area (Å²) in [7, 11) is 3.51. The molecule has 0 aliphatic carbocycles. The molecule has 1 N–H and O–H groups in total. The van der Waals surface area contributed by atoms with E-state index in [-0.39, 0.29) is 6.04 Å². The Morgan fingerprint density at radius 2 is 1.83 bits per heavy atom. The highest BCUT2D eigenvalue weighted by Gasteiger charge is 2.25. The first-order chi connectivity index (χ1) is 14.0. The molecule has 7 nitrogen and oxygen atoms in total. The zero-order valence-corrected chi connectivity index (χ0v) is 17.3. The maximum atomic E-state index is 12.8. The Labute approximate surface area is 173 Å². The second-order valence-corrected chi connectivity index (χ2v) is 7.89. The number of hydrogen-bond donors (Lipinski definition) is 1. The third-order valence-corrected chi connectivity index (χ3v) is 5.83. The second-order valence-electron chi connectivity index (χ2n) is 7.45. The Bertz CT molecular complexity index is 1140. The minimum Gasteiger partial charge on any atom is -0.371 e. The summed E-state index contributed by atoms with van der Waals surface area (Å²) < 4.78 is 2.90. The van der Waals surface area contributed by atoms with Crippen molar-refractivity contribution >= 4 is 28.5 Å². The van der Waals surface area contributed by atoms with Crippen molar-refractivity contribution < 1.29 is 0 Å². The first-order valence-corrected chi connectivity index (χ1v) is 10.1. The fourth-order valence-electron chi connectivity index (χ4n) is 4.06. The van der Waals surface area contributed by atoms with Crippen molar-refractivity contribution in [1.29, 1.82) is 0 Å². The van der Waals surface area contributed by atoms with E-state index >= 15 is 0 Å². The molecule has 1 saturated heterocycles. The summed E-state index contributed by atoms with van der Waals surface area (Å²) in [6, 6.07) is 10.2. The lowest BCUT2D eigenvalue weighted by atomic mass is 10.0. The van der Waals surface area contributed by atoms with Gasteiger partial charge in [0.1, 0.15) is 0 Å². The van der Waals surface area contributed by atoms with Crippen LogP contribution in [0.4, 0.5) is 5.69 Å². The average molecular weight is 414 g/mol. The number of halogens is 1. The molecule has 0 amide bonds. The summed E-state index contributed by atoms with van der Waals surface area (Å²) >= 11 is 6.06. The van der Waals surface area contributed by atoms with Crippen LogP contribution in [0.15, 0.2) is 46.1 Å². The SMILES string of the molecule is CNCc1ccc(N2CCC(n3c(=O)c(=O)n(C)c4cc(Cl)cnc43)CC2)cc1. The number of rotatable bonds is 4. The van der Waals surface area contributed by atoms with Crippen molar-refractivity contribution in [2.45, 2.75) is 25.4 Å². The van der Waals surface area contributed by atoms with E-state index in [1.54, 1.807) is 17.7 Å². The molecule has 1 aliphatic rings. The molecule has 0 spiro atoms. The summed E-state index contributed by atoms with van der Waals surface area (Å²) in [5, 5.41) is 3.59. The van der Waals surface area contributed by atoms with Crippen LogP contribution >= 0.6 is 11.6 Å². The van der Waals surface area contributed by atoms with Crippen molar-refractivity contribution in [3.05, 3.63) is 67.8 Å². The van der Waals surface area contributed by atoms with Gasteiger partial charge in [-0.15, -0.1) is 0 Å². The molecule has 8 heteroatoms. The molecule has 1 aliphatic heterocycles. The van der Waals surface area contributed by atoms with E-state index in [1.807, 2.05) is 7.05 Å². The molecular formula is C21H24ClN5O2. The molecule has 152 valence electrons. The quantitative estimate of drug-likeness (QED) is 0.664. The van der Waals surface area contributed by atoms with Gasteiger partial charge in [-0.25, -0.2) is 4.98 Å². The number of benzene rings is 1. The Hall–Kier alpha value is -2.64. The van der Waals surface area contributed by atoms with Gasteiger partial charge in [-0.3, -0.25) is 14.2 Å². The van der Waals surface area contributed by atoms with Crippen molar-refractivity contribution in [2.75, 3.05) is 25.0 Å². The largest absolute Gasteiger partial charge is 0.371 e. The number of nitrogens with zero attached hydrogens (tertiary/aromatic N) is 4. The van der Waals surface area contributed by atoms with Crippen LogP contribution in [-0.4, -0.2) is 34.3 Å². The van der Waals surface area contributed by atoms with Gasteiger partial charge < -0.3 is 14.8 Å². The standard InChI is InChI=1S/C21H24ClN5O2/c1-23-12-14-3-5-16(6-4-14)26-9-7-17(8-10-26)27-19-18(11-15(22)13-24-19)25(2)20(28)21(27)29/h3-6,11,13,17,23H,7-10,12H2,1-2H3. The van der Waals surface area contributed by atoms with Gasteiger partial charge in [0, 0.05) is 44.6 Å². The number of pyridine rings is 1. The fourth-order valence-corrected chi connectivity index (χ4v) is 4.21. The van der Waals surface area contributed by atoms with Gasteiger partial charge in [0.25, 0.3) is 0 Å². The van der Waals surface area contributed by atoms with E-state index in [9.17, 15) is 9.59 Å². The van der Waals surface area contributed by atoms with E-state index in [2.05, 4.69) is 39.5 Å². The molecule has 3 aromatic rings. The highest BCUT2D eigenvalue weighted by molar-refractivity contribution is 6.31. The van der Waals surface area contributed by atoms with E-state index in [0.717, 1.165) is 32.5 Å². The molecule has 0 radical (unpaired) electrons. The Balaban J connectivity index is 1.61. The molecule has 1 fully saturated rings. The maximum Gasteiger partial charge on any atom is 0.318 e. The van der Waals surface area contributed by atoms with Crippen LogP contribution in [0.3, 0.4) is 0 Å². The molecule has 1 aromatic carbocycles. The van der Waals surface area contributed by atoms with Crippen LogP contribution < -0.4 is 21.3 Å². The third-order valence-electron chi connectivity index (χ3n) is 5.62. The lowest BCUT2D eigenvalue weighted by Crippen LogP contribution is -2.45. The molecular weight excluding hydrogens is 390 g/mol. The molecule has 0 atom stereocenters. The summed E-state index contributed by atoms with van der Waals surface area (Å²) in [5.41, 5.74) is 2.43. The van der Waals surface area contributed by atoms with Gasteiger partial charge in [0.2, 0.25) is 0 Å². The Morgan fingerprint density at radius 1 is 1.14 bits per heavy atom. The van der Waals surface area contributed by atoms with Crippen LogP contribution in [0.25, 0.3) is 11.2 Å². The second kappa shape index (κ2) is 8.00. The number of aryl methyl sites for hydroxylation is 1. The van der Waals surface area contributed by atoms with Crippen LogP contribution in [0.5, 0.6) is 0 Å². The zero-order valence-electron chi connectivity index (χ0n) is 16.6. The molecule has 0 bridgehead atoms. The van der Waals surface area contributed by atoms with Crippen molar-refractivity contribution in [1.82, 2.24) is 19.4 Å². The van der Waals surface area contributed by atoms with Gasteiger partial charge in [0.15, 0.2) is 5.65 Å². The van der Waals surface area contributed by atoms with Gasteiger partial charge in [-0.1, -0.05) is 23.7 Å². The normalized spacial score (nSPS) is 15.2. The van der Waals surface area contributed by atoms with E-state index < -0.39 is 11.1 Å². The van der Waals surface area contributed by atoms with Gasteiger partial charge in [-0.05, 0) is 43.7 Å². The van der Waals surface area contributed by atoms with Crippen molar-refractivity contribution in [3.8, 4) is 0 Å². The van der Waals surface area contributed by atoms with Gasteiger partial charge >= 0.3 is 11.1 Å². The summed E-state index contributed by atoms with van der Waals surface area (Å²) in [4.78, 5) is 31.9. The molecule has 2 aromatic heterocycles. The van der Waals surface area contributed by atoms with E-state index in [0.29, 0.717) is 16.2 Å². The van der Waals surface area contributed by atoms with Crippen LogP contribution in [0, 0.1) is 0 Å². The third kappa shape index (κ3) is 3.68. The summed E-state index contributed by atoms with van der Waals surface area (Å²) in [6.07, 6.45) is 3.06. The van der Waals surface area contributed by atoms with Crippen molar-refractivity contribution in [3.63, 3.8) is 0 Å². The lowest BCUT2D eigenvalue weighted by molar-refractivity contribution is 0.392. The number of nitrogens with one attached hydrogen (secondary N) is 1. The highest BCUT2D eigenvalue weighted by atomic mass is 35.5. The zero-order chi connectivity index (χ0) is 20.5. The van der Waals surface area contributed by atoms with Crippen molar-refractivity contribution in [2.24, 2.45) is 7.05 Å². The van der Waals surface area contributed by atoms with Crippen LogP contribution in [-0.2, 0) is 13.6 Å². The average Bonchev–Trinajstić information content (AvgIpc) is 2.74. The first-order valence-electron chi connectivity index (χ1n) is 9.75. The highest BCUT2D eigenvalue weighted by Crippen LogP contribution is 2.27. The van der Waals surface area contributed by atoms with Crippen LogP contribution in [0.2, 0.25) is 5.02 Å². The number of hydrogen-bond acceptors (Lipinski definition) is 5. The molecule has 29 heavy (non-hydrogen) atoms. The summed E-state index contributed by atoms with van der Waals surface area (Å²) in [6.45, 7) is 2.47. The molecule has 0 saturated carbocycles. The van der Waals surface area contributed by atoms with Gasteiger partial charge in [-0.2, -0.15) is 0 Å². The number of anilines is 1. The maximum absolute atomic E-state index is 12.8. The molecule has 3 heterocycles. The minimum atomic E-state index is -0.552. The summed E-state index contributed by atoms with van der Waals surface area (Å²) in [5.74, 6) is 0. The Morgan fingerprint density at radius 3 is 2.48 bits per heavy atom. The predicted octanol–water partition coefficient (Wildman–Crippen LogP) is 2.31.